The Hall–Kier alpha value is -1.14. The summed E-state index contributed by atoms with van der Waals surface area (Å²) in [6.45, 7) is 4.62. The number of carbonyl (C=O) groups is 2. The van der Waals surface area contributed by atoms with Gasteiger partial charge in [-0.2, -0.15) is 0 Å². The van der Waals surface area contributed by atoms with Crippen LogP contribution in [-0.2, 0) is 14.3 Å². The molecule has 2 atom stereocenters. The Balaban J connectivity index is 4.28. The molecule has 0 bridgehead atoms. The van der Waals surface area contributed by atoms with E-state index < -0.39 is 17.9 Å². The van der Waals surface area contributed by atoms with Gasteiger partial charge in [-0.1, -0.05) is 6.92 Å². The number of hydrogen-bond donors (Lipinski definition) is 2. The molecule has 0 spiro atoms. The molecule has 0 aliphatic carbocycles. The Bertz CT molecular complexity index is 271. The van der Waals surface area contributed by atoms with Crippen molar-refractivity contribution >= 4 is 11.9 Å². The minimum atomic E-state index is -0.908. The van der Waals surface area contributed by atoms with Crippen LogP contribution in [0.5, 0.6) is 0 Å². The van der Waals surface area contributed by atoms with Gasteiger partial charge < -0.3 is 20.5 Å². The number of ether oxygens (including phenoxy) is 1. The van der Waals surface area contributed by atoms with E-state index in [0.29, 0.717) is 19.6 Å². The van der Waals surface area contributed by atoms with Gasteiger partial charge in [0.1, 0.15) is 0 Å². The van der Waals surface area contributed by atoms with E-state index in [1.165, 1.54) is 4.90 Å². The van der Waals surface area contributed by atoms with Crippen LogP contribution in [0, 0.1) is 5.92 Å². The lowest BCUT2D eigenvalue weighted by Crippen LogP contribution is -2.46. The highest BCUT2D eigenvalue weighted by Crippen LogP contribution is 2.05. The van der Waals surface area contributed by atoms with E-state index in [2.05, 4.69) is 0 Å². The third-order valence-electron chi connectivity index (χ3n) is 2.79. The molecule has 0 rings (SSSR count). The lowest BCUT2D eigenvalue weighted by molar-refractivity contribution is -0.143. The summed E-state index contributed by atoms with van der Waals surface area (Å²) in [6, 6.07) is -0.582. The second-order valence-electron chi connectivity index (χ2n) is 4.36. The van der Waals surface area contributed by atoms with Gasteiger partial charge in [-0.3, -0.25) is 9.59 Å². The third-order valence-corrected chi connectivity index (χ3v) is 2.79. The largest absolute Gasteiger partial charge is 0.481 e. The smallest absolute Gasteiger partial charge is 0.308 e. The molecule has 0 saturated carbocycles. The molecule has 2 unspecified atom stereocenters. The Morgan fingerprint density at radius 2 is 2.06 bits per heavy atom. The quantitative estimate of drug-likeness (QED) is 0.582. The maximum Gasteiger partial charge on any atom is 0.308 e. The number of aliphatic carboxylic acids is 1. The number of nitrogens with two attached hydrogens (primary N) is 1. The summed E-state index contributed by atoms with van der Waals surface area (Å²) in [7, 11) is 1.60. The maximum absolute atomic E-state index is 12.0. The minimum Gasteiger partial charge on any atom is -0.481 e. The molecule has 6 heteroatoms. The molecule has 0 radical (unpaired) electrons. The van der Waals surface area contributed by atoms with Gasteiger partial charge >= 0.3 is 5.97 Å². The van der Waals surface area contributed by atoms with E-state index in [1.54, 1.807) is 14.0 Å². The van der Waals surface area contributed by atoms with Crippen LogP contribution in [0.1, 0.15) is 26.7 Å². The van der Waals surface area contributed by atoms with Gasteiger partial charge in [-0.25, -0.2) is 0 Å². The van der Waals surface area contributed by atoms with Gasteiger partial charge in [0.15, 0.2) is 0 Å². The van der Waals surface area contributed by atoms with Gasteiger partial charge in [0.25, 0.3) is 0 Å². The molecule has 0 aromatic carbocycles. The van der Waals surface area contributed by atoms with E-state index in [-0.39, 0.29) is 12.5 Å². The van der Waals surface area contributed by atoms with Crippen LogP contribution in [0.25, 0.3) is 0 Å². The van der Waals surface area contributed by atoms with Crippen molar-refractivity contribution in [2.45, 2.75) is 32.7 Å². The summed E-state index contributed by atoms with van der Waals surface area (Å²) in [4.78, 5) is 24.3. The molecule has 0 aromatic heterocycles. The molecule has 1 amide bonds. The first kappa shape index (κ1) is 16.9. The second kappa shape index (κ2) is 8.88. The summed E-state index contributed by atoms with van der Waals surface area (Å²) in [5, 5.41) is 8.83. The zero-order valence-electron chi connectivity index (χ0n) is 11.4. The number of carbonyl (C=O) groups excluding carboxylic acids is 1. The molecule has 0 aromatic rings. The van der Waals surface area contributed by atoms with E-state index in [9.17, 15) is 9.59 Å². The molecule has 18 heavy (non-hydrogen) atoms. The van der Waals surface area contributed by atoms with Crippen LogP contribution in [0.2, 0.25) is 0 Å². The number of likely N-dealkylation sites (N-methyl/N-ethyl adjacent to an activating group) is 1. The van der Waals surface area contributed by atoms with Crippen LogP contribution in [0.3, 0.4) is 0 Å². The first-order valence-electron chi connectivity index (χ1n) is 6.20. The molecule has 3 N–H and O–H groups in total. The standard InChI is InChI=1S/C12H24N2O4/c1-4-14(8-9(2)12(16)17)11(15)10(13)6-5-7-18-3/h9-10H,4-8,13H2,1-3H3,(H,16,17). The van der Waals surface area contributed by atoms with Gasteiger partial charge in [-0.15, -0.1) is 0 Å². The van der Waals surface area contributed by atoms with Gasteiger partial charge in [0.2, 0.25) is 5.91 Å². The summed E-state index contributed by atoms with van der Waals surface area (Å²) in [6.07, 6.45) is 1.26. The van der Waals surface area contributed by atoms with Crippen LogP contribution >= 0.6 is 0 Å². The normalized spacial score (nSPS) is 14.0. The SMILES string of the molecule is CCN(CC(C)C(=O)O)C(=O)C(N)CCCOC. The number of carboxylic acid groups (broad SMARTS) is 1. The van der Waals surface area contributed by atoms with Crippen molar-refractivity contribution in [1.29, 1.82) is 0 Å². The van der Waals surface area contributed by atoms with Gasteiger partial charge in [-0.05, 0) is 19.8 Å². The highest BCUT2D eigenvalue weighted by atomic mass is 16.5. The molecule has 0 heterocycles. The number of amides is 1. The Morgan fingerprint density at radius 1 is 1.44 bits per heavy atom. The van der Waals surface area contributed by atoms with Crippen molar-refractivity contribution in [3.05, 3.63) is 0 Å². The minimum absolute atomic E-state index is 0.193. The van der Waals surface area contributed by atoms with Crippen LogP contribution in [0.4, 0.5) is 0 Å². The number of nitrogens with zero attached hydrogens (tertiary/aromatic N) is 1. The number of hydrogen-bond acceptors (Lipinski definition) is 4. The van der Waals surface area contributed by atoms with Gasteiger partial charge in [0.05, 0.1) is 12.0 Å². The van der Waals surface area contributed by atoms with E-state index >= 15 is 0 Å². The van der Waals surface area contributed by atoms with E-state index in [4.69, 9.17) is 15.6 Å². The summed E-state index contributed by atoms with van der Waals surface area (Å²) in [5.74, 6) is -1.68. The van der Waals surface area contributed by atoms with E-state index in [0.717, 1.165) is 6.42 Å². The fraction of sp³-hybridized carbons (Fsp3) is 0.833. The summed E-state index contributed by atoms with van der Waals surface area (Å²) < 4.78 is 4.90. The van der Waals surface area contributed by atoms with Crippen LogP contribution in [-0.4, -0.2) is 54.7 Å². The topological polar surface area (TPSA) is 92.9 Å². The zero-order valence-corrected chi connectivity index (χ0v) is 11.4. The molecule has 106 valence electrons. The lowest BCUT2D eigenvalue weighted by Gasteiger charge is -2.25. The average Bonchev–Trinajstić information content (AvgIpc) is 2.34. The van der Waals surface area contributed by atoms with Crippen molar-refractivity contribution in [1.82, 2.24) is 4.90 Å². The number of carboxylic acids is 1. The zero-order chi connectivity index (χ0) is 14.1. The third kappa shape index (κ3) is 5.97. The Kier molecular flexibility index (Phi) is 8.32. The highest BCUT2D eigenvalue weighted by Gasteiger charge is 2.23. The second-order valence-corrected chi connectivity index (χ2v) is 4.36. The number of rotatable bonds is 9. The highest BCUT2D eigenvalue weighted by molar-refractivity contribution is 5.82. The fourth-order valence-corrected chi connectivity index (χ4v) is 1.59. The molecule has 0 aliphatic rings. The molecule has 0 aliphatic heterocycles. The van der Waals surface area contributed by atoms with Crippen molar-refractivity contribution < 1.29 is 19.4 Å². The van der Waals surface area contributed by atoms with Crippen molar-refractivity contribution in [3.8, 4) is 0 Å². The molecular weight excluding hydrogens is 236 g/mol. The summed E-state index contributed by atoms with van der Waals surface area (Å²) in [5.41, 5.74) is 5.79. The molecule has 0 fully saturated rings. The first-order valence-corrected chi connectivity index (χ1v) is 6.20. The van der Waals surface area contributed by atoms with Crippen molar-refractivity contribution in [2.75, 3.05) is 26.8 Å². The predicted molar refractivity (Wildman–Crippen MR) is 68.1 cm³/mol. The first-order chi connectivity index (χ1) is 8.43. The Labute approximate surface area is 108 Å². The molecular formula is C12H24N2O4. The monoisotopic (exact) mass is 260 g/mol. The maximum atomic E-state index is 12.0. The van der Waals surface area contributed by atoms with Crippen molar-refractivity contribution in [3.63, 3.8) is 0 Å². The van der Waals surface area contributed by atoms with Gasteiger partial charge in [0, 0.05) is 26.8 Å². The van der Waals surface area contributed by atoms with Crippen molar-refractivity contribution in [2.24, 2.45) is 11.7 Å². The number of methoxy groups -OCH3 is 1. The lowest BCUT2D eigenvalue weighted by atomic mass is 10.1. The van der Waals surface area contributed by atoms with Crippen LogP contribution < -0.4 is 5.73 Å². The Morgan fingerprint density at radius 3 is 2.50 bits per heavy atom. The fourth-order valence-electron chi connectivity index (χ4n) is 1.59. The average molecular weight is 260 g/mol. The predicted octanol–water partition coefficient (Wildman–Crippen LogP) is 0.310. The van der Waals surface area contributed by atoms with E-state index in [1.807, 2.05) is 6.92 Å². The molecule has 6 nitrogen and oxygen atoms in total. The molecule has 0 saturated heterocycles. The summed E-state index contributed by atoms with van der Waals surface area (Å²) >= 11 is 0. The van der Waals surface area contributed by atoms with Crippen LogP contribution in [0.15, 0.2) is 0 Å².